The average molecular weight is 463 g/mol. The van der Waals surface area contributed by atoms with Crippen molar-refractivity contribution >= 4 is 34.9 Å². The molecule has 1 N–H and O–H groups in total. The molecular weight excluding hydrogens is 440 g/mol. The van der Waals surface area contributed by atoms with Crippen molar-refractivity contribution in [2.24, 2.45) is 0 Å². The molecule has 6 nitrogen and oxygen atoms in total. The fourth-order valence-electron chi connectivity index (χ4n) is 3.85. The molecule has 0 bridgehead atoms. The number of ether oxygens (including phenoxy) is 1. The lowest BCUT2D eigenvalue weighted by atomic mass is 9.95. The van der Waals surface area contributed by atoms with Gasteiger partial charge in [0.1, 0.15) is 17.3 Å². The van der Waals surface area contributed by atoms with Crippen LogP contribution >= 0.6 is 11.6 Å². The number of anilines is 1. The van der Waals surface area contributed by atoms with Crippen molar-refractivity contribution in [3.8, 4) is 5.75 Å². The lowest BCUT2D eigenvalue weighted by molar-refractivity contribution is -0.132. The number of nitrogens with zero attached hydrogens (tertiary/aromatic N) is 2. The van der Waals surface area contributed by atoms with Crippen LogP contribution in [0.2, 0.25) is 5.02 Å². The topological polar surface area (TPSA) is 79.7 Å². The first-order valence-electron chi connectivity index (χ1n) is 10.6. The first-order chi connectivity index (χ1) is 15.9. The van der Waals surface area contributed by atoms with Crippen LogP contribution in [0.5, 0.6) is 5.75 Å². The van der Waals surface area contributed by atoms with E-state index < -0.39 is 17.7 Å². The van der Waals surface area contributed by atoms with E-state index in [1.165, 1.54) is 4.90 Å². The maximum atomic E-state index is 13.2. The molecule has 1 atom stereocenters. The van der Waals surface area contributed by atoms with Crippen molar-refractivity contribution in [1.82, 2.24) is 4.98 Å². The lowest BCUT2D eigenvalue weighted by Gasteiger charge is -2.24. The van der Waals surface area contributed by atoms with E-state index in [0.717, 1.165) is 12.0 Å². The number of Topliss-reactive ketones (excluding diaryl/α,β-unsaturated/α-hetero) is 1. The summed E-state index contributed by atoms with van der Waals surface area (Å²) < 4.78 is 5.71. The van der Waals surface area contributed by atoms with Gasteiger partial charge in [-0.05, 0) is 66.9 Å². The quantitative estimate of drug-likeness (QED) is 0.299. The minimum absolute atomic E-state index is 0.00500. The first-order valence-corrected chi connectivity index (χ1v) is 11.0. The summed E-state index contributed by atoms with van der Waals surface area (Å²) in [5.41, 5.74) is 1.86. The fourth-order valence-corrected chi connectivity index (χ4v) is 3.98. The van der Waals surface area contributed by atoms with E-state index in [9.17, 15) is 14.7 Å². The predicted octanol–water partition coefficient (Wildman–Crippen LogP) is 5.46. The van der Waals surface area contributed by atoms with Crippen LogP contribution in [0.15, 0.2) is 72.4 Å². The predicted molar refractivity (Wildman–Crippen MR) is 127 cm³/mol. The number of ketones is 1. The average Bonchev–Trinajstić information content (AvgIpc) is 3.09. The monoisotopic (exact) mass is 462 g/mol. The molecule has 0 aliphatic carbocycles. The number of rotatable bonds is 6. The van der Waals surface area contributed by atoms with Crippen molar-refractivity contribution < 1.29 is 19.4 Å². The SMILES string of the molecule is CCCOc1ccc(/C(O)=C2\C(=O)C(=O)N(c3ccccn3)C2c2ccc(Cl)cc2)cc1C. The maximum Gasteiger partial charge on any atom is 0.301 e. The van der Waals surface area contributed by atoms with Gasteiger partial charge in [0, 0.05) is 16.8 Å². The molecular formula is C26H23ClN2O4. The highest BCUT2D eigenvalue weighted by Crippen LogP contribution is 2.42. The van der Waals surface area contributed by atoms with Gasteiger partial charge in [0.15, 0.2) is 0 Å². The van der Waals surface area contributed by atoms with Gasteiger partial charge >= 0.3 is 5.91 Å². The summed E-state index contributed by atoms with van der Waals surface area (Å²) in [5, 5.41) is 11.8. The van der Waals surface area contributed by atoms with Crippen LogP contribution in [0.1, 0.15) is 36.1 Å². The molecule has 4 rings (SSSR count). The third-order valence-corrected chi connectivity index (χ3v) is 5.69. The highest BCUT2D eigenvalue weighted by molar-refractivity contribution is 6.51. The highest BCUT2D eigenvalue weighted by atomic mass is 35.5. The normalized spacial score (nSPS) is 17.4. The summed E-state index contributed by atoms with van der Waals surface area (Å²) >= 11 is 6.06. The van der Waals surface area contributed by atoms with E-state index in [0.29, 0.717) is 34.3 Å². The third-order valence-electron chi connectivity index (χ3n) is 5.44. The molecule has 1 saturated heterocycles. The van der Waals surface area contributed by atoms with Gasteiger partial charge in [-0.15, -0.1) is 0 Å². The number of hydrogen-bond donors (Lipinski definition) is 1. The van der Waals surface area contributed by atoms with Crippen LogP contribution in [0.4, 0.5) is 5.82 Å². The molecule has 2 heterocycles. The summed E-state index contributed by atoms with van der Waals surface area (Å²) in [5.74, 6) is -0.761. The Morgan fingerprint density at radius 2 is 1.88 bits per heavy atom. The van der Waals surface area contributed by atoms with Gasteiger partial charge in [-0.2, -0.15) is 0 Å². The van der Waals surface area contributed by atoms with E-state index in [1.54, 1.807) is 66.9 Å². The van der Waals surface area contributed by atoms with Crippen molar-refractivity contribution in [3.05, 3.63) is 94.1 Å². The zero-order valence-corrected chi connectivity index (χ0v) is 19.0. The zero-order valence-electron chi connectivity index (χ0n) is 18.3. The number of hydrogen-bond acceptors (Lipinski definition) is 5. The van der Waals surface area contributed by atoms with Crippen molar-refractivity contribution in [3.63, 3.8) is 0 Å². The Hall–Kier alpha value is -3.64. The lowest BCUT2D eigenvalue weighted by Crippen LogP contribution is -2.30. The Morgan fingerprint density at radius 1 is 1.12 bits per heavy atom. The largest absolute Gasteiger partial charge is 0.507 e. The summed E-state index contributed by atoms with van der Waals surface area (Å²) in [4.78, 5) is 31.8. The second-order valence-corrected chi connectivity index (χ2v) is 8.17. The Kier molecular flexibility index (Phi) is 6.47. The summed E-state index contributed by atoms with van der Waals surface area (Å²) in [6.45, 7) is 4.47. The number of aryl methyl sites for hydroxylation is 1. The molecule has 0 radical (unpaired) electrons. The van der Waals surface area contributed by atoms with Gasteiger partial charge in [-0.25, -0.2) is 4.98 Å². The van der Waals surface area contributed by atoms with Crippen molar-refractivity contribution in [2.75, 3.05) is 11.5 Å². The molecule has 1 aliphatic heterocycles. The van der Waals surface area contributed by atoms with E-state index in [-0.39, 0.29) is 11.3 Å². The Bertz CT molecular complexity index is 1220. The molecule has 1 fully saturated rings. The maximum absolute atomic E-state index is 13.2. The molecule has 2 aromatic carbocycles. The fraction of sp³-hybridized carbons (Fsp3) is 0.192. The van der Waals surface area contributed by atoms with E-state index in [1.807, 2.05) is 13.8 Å². The van der Waals surface area contributed by atoms with Gasteiger partial charge < -0.3 is 9.84 Å². The van der Waals surface area contributed by atoms with E-state index in [4.69, 9.17) is 16.3 Å². The van der Waals surface area contributed by atoms with Gasteiger partial charge in [0.05, 0.1) is 18.2 Å². The van der Waals surface area contributed by atoms with E-state index >= 15 is 0 Å². The summed E-state index contributed by atoms with van der Waals surface area (Å²) in [7, 11) is 0. The molecule has 168 valence electrons. The van der Waals surface area contributed by atoms with Gasteiger partial charge in [0.25, 0.3) is 5.78 Å². The number of carbonyl (C=O) groups excluding carboxylic acids is 2. The smallest absolute Gasteiger partial charge is 0.301 e. The van der Waals surface area contributed by atoms with Crippen LogP contribution in [0.25, 0.3) is 5.76 Å². The molecule has 33 heavy (non-hydrogen) atoms. The number of aliphatic hydroxyl groups is 1. The van der Waals surface area contributed by atoms with Crippen LogP contribution in [0.3, 0.4) is 0 Å². The number of carbonyl (C=O) groups is 2. The van der Waals surface area contributed by atoms with Crippen LogP contribution in [0, 0.1) is 6.92 Å². The third kappa shape index (κ3) is 4.34. The molecule has 1 unspecified atom stereocenters. The van der Waals surface area contributed by atoms with Gasteiger partial charge in [-0.1, -0.05) is 36.7 Å². The molecule has 3 aromatic rings. The Labute approximate surface area is 197 Å². The van der Waals surface area contributed by atoms with Gasteiger partial charge in [-0.3, -0.25) is 14.5 Å². The molecule has 1 amide bonds. The Balaban J connectivity index is 1.86. The number of aliphatic hydroxyl groups excluding tert-OH is 1. The van der Waals surface area contributed by atoms with Crippen LogP contribution in [-0.2, 0) is 9.59 Å². The standard InChI is InChI=1S/C26H23ClN2O4/c1-3-14-33-20-12-9-18(15-16(20)2)24(30)22-23(17-7-10-19(27)11-8-17)29(26(32)25(22)31)21-6-4-5-13-28-21/h4-13,15,23,30H,3,14H2,1-2H3/b24-22+. The van der Waals surface area contributed by atoms with Crippen molar-refractivity contribution in [2.45, 2.75) is 26.3 Å². The number of pyridine rings is 1. The molecule has 1 aliphatic rings. The van der Waals surface area contributed by atoms with Crippen LogP contribution < -0.4 is 9.64 Å². The zero-order chi connectivity index (χ0) is 23.5. The minimum Gasteiger partial charge on any atom is -0.507 e. The van der Waals surface area contributed by atoms with Crippen molar-refractivity contribution in [1.29, 1.82) is 0 Å². The van der Waals surface area contributed by atoms with Gasteiger partial charge in [0.2, 0.25) is 0 Å². The number of halogens is 1. The Morgan fingerprint density at radius 3 is 2.52 bits per heavy atom. The molecule has 7 heteroatoms. The van der Waals surface area contributed by atoms with E-state index in [2.05, 4.69) is 4.98 Å². The number of amides is 1. The molecule has 1 aromatic heterocycles. The molecule has 0 spiro atoms. The first kappa shape index (κ1) is 22.6. The summed E-state index contributed by atoms with van der Waals surface area (Å²) in [6.07, 6.45) is 2.42. The number of aromatic nitrogens is 1. The second kappa shape index (κ2) is 9.46. The summed E-state index contributed by atoms with van der Waals surface area (Å²) in [6, 6.07) is 16.3. The number of benzene rings is 2. The molecule has 0 saturated carbocycles. The highest BCUT2D eigenvalue weighted by Gasteiger charge is 2.47. The second-order valence-electron chi connectivity index (χ2n) is 7.74. The van der Waals surface area contributed by atoms with Crippen LogP contribution in [-0.4, -0.2) is 28.4 Å². The minimum atomic E-state index is -0.853.